The molecule has 0 radical (unpaired) electrons. The molecule has 6 nitrogen and oxygen atoms in total. The van der Waals surface area contributed by atoms with E-state index in [1.54, 1.807) is 0 Å². The molecular weight excluding hydrogens is 293 g/mol. The Morgan fingerprint density at radius 1 is 1.53 bits per heavy atom. The van der Waals surface area contributed by atoms with Gasteiger partial charge in [0.1, 0.15) is 11.8 Å². The van der Waals surface area contributed by atoms with E-state index in [0.717, 1.165) is 0 Å². The number of nitrogens with zero attached hydrogens (tertiary/aromatic N) is 1. The van der Waals surface area contributed by atoms with Crippen LogP contribution in [0.5, 0.6) is 0 Å². The van der Waals surface area contributed by atoms with Gasteiger partial charge in [-0.05, 0) is 11.6 Å². The molecule has 1 atom stereocenters. The van der Waals surface area contributed by atoms with Gasteiger partial charge in [-0.25, -0.2) is 4.79 Å². The molecule has 104 valence electrons. The standard InChI is InChI=1S/C11H12ClN3O3.ClH/c12-9-5-8(2-1-7(9)6-15-14)11(13,3-4-16)10(17)18;/h1-2,4-6H,3,13-14H2,(H,17,18);1H. The van der Waals surface area contributed by atoms with Crippen LogP contribution in [0.2, 0.25) is 5.02 Å². The Labute approximate surface area is 120 Å². The van der Waals surface area contributed by atoms with Crippen LogP contribution in [-0.2, 0) is 15.1 Å². The van der Waals surface area contributed by atoms with Crippen molar-refractivity contribution in [2.24, 2.45) is 16.7 Å². The largest absolute Gasteiger partial charge is 0.480 e. The molecule has 0 aliphatic rings. The van der Waals surface area contributed by atoms with Crippen molar-refractivity contribution in [2.75, 3.05) is 0 Å². The number of rotatable bonds is 5. The van der Waals surface area contributed by atoms with Gasteiger partial charge in [-0.3, -0.25) is 0 Å². The van der Waals surface area contributed by atoms with E-state index < -0.39 is 11.5 Å². The van der Waals surface area contributed by atoms with E-state index >= 15 is 0 Å². The summed E-state index contributed by atoms with van der Waals surface area (Å²) in [5.74, 6) is 3.69. The van der Waals surface area contributed by atoms with E-state index in [-0.39, 0.29) is 29.4 Å². The molecule has 19 heavy (non-hydrogen) atoms. The van der Waals surface area contributed by atoms with Crippen LogP contribution in [0.1, 0.15) is 17.5 Å². The van der Waals surface area contributed by atoms with E-state index in [0.29, 0.717) is 11.8 Å². The lowest BCUT2D eigenvalue weighted by atomic mass is 9.88. The fraction of sp³-hybridized carbons (Fsp3) is 0.182. The minimum absolute atomic E-state index is 0. The molecule has 0 saturated carbocycles. The molecule has 5 N–H and O–H groups in total. The molecule has 8 heteroatoms. The molecule has 0 aliphatic heterocycles. The molecule has 1 unspecified atom stereocenters. The highest BCUT2D eigenvalue weighted by molar-refractivity contribution is 6.33. The summed E-state index contributed by atoms with van der Waals surface area (Å²) in [6.07, 6.45) is 1.44. The summed E-state index contributed by atoms with van der Waals surface area (Å²) in [6, 6.07) is 4.39. The van der Waals surface area contributed by atoms with Crippen LogP contribution in [0.15, 0.2) is 23.3 Å². The molecule has 0 aromatic heterocycles. The summed E-state index contributed by atoms with van der Waals surface area (Å²) in [5.41, 5.74) is 4.70. The predicted octanol–water partition coefficient (Wildman–Crippen LogP) is 0.882. The van der Waals surface area contributed by atoms with Gasteiger partial charge in [-0.1, -0.05) is 23.7 Å². The minimum atomic E-state index is -1.79. The van der Waals surface area contributed by atoms with E-state index in [2.05, 4.69) is 5.10 Å². The lowest BCUT2D eigenvalue weighted by Gasteiger charge is -2.23. The third-order valence-electron chi connectivity index (χ3n) is 2.52. The van der Waals surface area contributed by atoms with Gasteiger partial charge < -0.3 is 21.5 Å². The molecule has 0 spiro atoms. The number of hydrogen-bond donors (Lipinski definition) is 3. The second-order valence-corrected chi connectivity index (χ2v) is 4.07. The number of carbonyl (C=O) groups is 2. The molecule has 1 rings (SSSR count). The smallest absolute Gasteiger partial charge is 0.328 e. The first-order chi connectivity index (χ1) is 8.45. The number of hydrazone groups is 1. The topological polar surface area (TPSA) is 119 Å². The number of carboxylic acids is 1. The molecule has 0 bridgehead atoms. The van der Waals surface area contributed by atoms with Crippen molar-refractivity contribution in [3.63, 3.8) is 0 Å². The highest BCUT2D eigenvalue weighted by Crippen LogP contribution is 2.26. The number of hydrogen-bond acceptors (Lipinski definition) is 5. The maximum Gasteiger partial charge on any atom is 0.328 e. The van der Waals surface area contributed by atoms with Crippen LogP contribution in [0, 0.1) is 0 Å². The van der Waals surface area contributed by atoms with Crippen molar-refractivity contribution >= 4 is 42.5 Å². The van der Waals surface area contributed by atoms with E-state index in [9.17, 15) is 9.59 Å². The maximum atomic E-state index is 11.2. The molecule has 0 heterocycles. The van der Waals surface area contributed by atoms with Crippen molar-refractivity contribution in [1.29, 1.82) is 0 Å². The molecule has 0 amide bonds. The van der Waals surface area contributed by atoms with Crippen LogP contribution in [0.3, 0.4) is 0 Å². The van der Waals surface area contributed by atoms with Gasteiger partial charge in [0.15, 0.2) is 0 Å². The Bertz CT molecular complexity index is 508. The molecule has 1 aromatic rings. The lowest BCUT2D eigenvalue weighted by molar-refractivity contribution is -0.144. The van der Waals surface area contributed by atoms with Gasteiger partial charge in [-0.15, -0.1) is 12.4 Å². The van der Waals surface area contributed by atoms with Crippen molar-refractivity contribution in [1.82, 2.24) is 0 Å². The normalized spacial score (nSPS) is 13.6. The Hall–Kier alpha value is -1.63. The van der Waals surface area contributed by atoms with Crippen molar-refractivity contribution in [2.45, 2.75) is 12.0 Å². The first-order valence-corrected chi connectivity index (χ1v) is 5.32. The van der Waals surface area contributed by atoms with Gasteiger partial charge >= 0.3 is 5.97 Å². The summed E-state index contributed by atoms with van der Waals surface area (Å²) >= 11 is 5.94. The Morgan fingerprint density at radius 2 is 2.16 bits per heavy atom. The SMILES string of the molecule is Cl.NN=Cc1ccc(C(N)(CC=O)C(=O)O)cc1Cl. The summed E-state index contributed by atoms with van der Waals surface area (Å²) < 4.78 is 0. The van der Waals surface area contributed by atoms with E-state index in [1.807, 2.05) is 0 Å². The Balaban J connectivity index is 0.00000324. The zero-order chi connectivity index (χ0) is 13.8. The van der Waals surface area contributed by atoms with Crippen LogP contribution < -0.4 is 11.6 Å². The van der Waals surface area contributed by atoms with Crippen LogP contribution >= 0.6 is 24.0 Å². The number of carboxylic acid groups (broad SMARTS) is 1. The number of carbonyl (C=O) groups excluding carboxylic acids is 1. The predicted molar refractivity (Wildman–Crippen MR) is 74.7 cm³/mol. The summed E-state index contributed by atoms with van der Waals surface area (Å²) in [4.78, 5) is 21.7. The number of aliphatic carboxylic acids is 1. The zero-order valence-electron chi connectivity index (χ0n) is 9.75. The van der Waals surface area contributed by atoms with E-state index in [4.69, 9.17) is 28.3 Å². The minimum Gasteiger partial charge on any atom is -0.480 e. The quantitative estimate of drug-likeness (QED) is 0.323. The van der Waals surface area contributed by atoms with Crippen LogP contribution in [0.4, 0.5) is 0 Å². The number of aldehydes is 1. The summed E-state index contributed by atoms with van der Waals surface area (Å²) in [6.45, 7) is 0. The van der Waals surface area contributed by atoms with Gasteiger partial charge in [0.05, 0.1) is 6.21 Å². The average molecular weight is 306 g/mol. The monoisotopic (exact) mass is 305 g/mol. The highest BCUT2D eigenvalue weighted by Gasteiger charge is 2.36. The molecular formula is C11H13Cl2N3O3. The van der Waals surface area contributed by atoms with Gasteiger partial charge in [0, 0.05) is 17.0 Å². The Kier molecular flexibility index (Phi) is 6.47. The van der Waals surface area contributed by atoms with Crippen molar-refractivity contribution in [3.8, 4) is 0 Å². The second-order valence-electron chi connectivity index (χ2n) is 3.66. The number of benzene rings is 1. The highest BCUT2D eigenvalue weighted by atomic mass is 35.5. The third-order valence-corrected chi connectivity index (χ3v) is 2.84. The molecule has 1 aromatic carbocycles. The van der Waals surface area contributed by atoms with Crippen molar-refractivity contribution in [3.05, 3.63) is 34.3 Å². The average Bonchev–Trinajstić information content (AvgIpc) is 2.32. The molecule has 0 saturated heterocycles. The van der Waals surface area contributed by atoms with Gasteiger partial charge in [-0.2, -0.15) is 5.10 Å². The first-order valence-electron chi connectivity index (χ1n) is 4.95. The fourth-order valence-corrected chi connectivity index (χ4v) is 1.68. The van der Waals surface area contributed by atoms with Gasteiger partial charge in [0.25, 0.3) is 0 Å². The Morgan fingerprint density at radius 3 is 2.58 bits per heavy atom. The third kappa shape index (κ3) is 3.66. The van der Waals surface area contributed by atoms with E-state index in [1.165, 1.54) is 24.4 Å². The van der Waals surface area contributed by atoms with Crippen LogP contribution in [0.25, 0.3) is 0 Å². The molecule has 0 aliphatic carbocycles. The van der Waals surface area contributed by atoms with Gasteiger partial charge in [0.2, 0.25) is 0 Å². The number of halogens is 2. The number of nitrogens with two attached hydrogens (primary N) is 2. The van der Waals surface area contributed by atoms with Crippen molar-refractivity contribution < 1.29 is 14.7 Å². The summed E-state index contributed by atoms with van der Waals surface area (Å²) in [5, 5.41) is 12.7. The second kappa shape index (κ2) is 7.08. The first kappa shape index (κ1) is 17.4. The van der Waals surface area contributed by atoms with Crippen LogP contribution in [-0.4, -0.2) is 23.6 Å². The zero-order valence-corrected chi connectivity index (χ0v) is 11.3. The summed E-state index contributed by atoms with van der Waals surface area (Å²) in [7, 11) is 0. The maximum absolute atomic E-state index is 11.2. The molecule has 0 fully saturated rings. The fourth-order valence-electron chi connectivity index (χ4n) is 1.45. The lowest BCUT2D eigenvalue weighted by Crippen LogP contribution is -2.45.